The van der Waals surface area contributed by atoms with E-state index in [1.54, 1.807) is 6.07 Å². The lowest BCUT2D eigenvalue weighted by molar-refractivity contribution is 0.0601. The van der Waals surface area contributed by atoms with Crippen LogP contribution >= 0.6 is 11.3 Å². The summed E-state index contributed by atoms with van der Waals surface area (Å²) in [6.45, 7) is 4.47. The Morgan fingerprint density at radius 1 is 1.10 bits per heavy atom. The highest BCUT2D eigenvalue weighted by Gasteiger charge is 2.29. The van der Waals surface area contributed by atoms with Gasteiger partial charge in [-0.05, 0) is 57.2 Å². The zero-order valence-corrected chi connectivity index (χ0v) is 18.4. The van der Waals surface area contributed by atoms with Crippen LogP contribution in [0.3, 0.4) is 0 Å². The smallest absolute Gasteiger partial charge is 0.341 e. The second-order valence-electron chi connectivity index (χ2n) is 6.49. The summed E-state index contributed by atoms with van der Waals surface area (Å²) in [5.41, 5.74) is 1.22. The largest absolute Gasteiger partial charge is 0.490 e. The lowest BCUT2D eigenvalue weighted by atomic mass is 9.95. The topological polar surface area (TPSA) is 90.9 Å². The Morgan fingerprint density at radius 3 is 2.48 bits per heavy atom. The SMILES string of the molecule is CCOc1ccc(S(=O)(=O)Nc2sc3c(c2C(=O)OC)CCCC3)cc1OCC. The van der Waals surface area contributed by atoms with E-state index < -0.39 is 16.0 Å². The molecule has 0 saturated heterocycles. The van der Waals surface area contributed by atoms with Crippen LogP contribution in [-0.2, 0) is 27.6 Å². The fourth-order valence-corrected chi connectivity index (χ4v) is 5.93. The summed E-state index contributed by atoms with van der Waals surface area (Å²) >= 11 is 1.31. The first-order valence-electron chi connectivity index (χ1n) is 9.56. The van der Waals surface area contributed by atoms with Crippen molar-refractivity contribution in [1.29, 1.82) is 0 Å². The third kappa shape index (κ3) is 4.51. The summed E-state index contributed by atoms with van der Waals surface area (Å²) in [4.78, 5) is 13.4. The minimum absolute atomic E-state index is 0.0339. The molecule has 0 spiro atoms. The first kappa shape index (κ1) is 21.4. The molecule has 1 aliphatic rings. The first-order valence-corrected chi connectivity index (χ1v) is 11.9. The number of benzene rings is 1. The summed E-state index contributed by atoms with van der Waals surface area (Å²) in [5.74, 6) is 0.315. The van der Waals surface area contributed by atoms with E-state index in [4.69, 9.17) is 14.2 Å². The fraction of sp³-hybridized carbons (Fsp3) is 0.450. The van der Waals surface area contributed by atoms with E-state index in [0.717, 1.165) is 36.1 Å². The maximum absolute atomic E-state index is 13.1. The van der Waals surface area contributed by atoms with Gasteiger partial charge in [0.05, 0.1) is 30.8 Å². The molecular weight excluding hydrogens is 414 g/mol. The molecule has 0 saturated carbocycles. The zero-order valence-electron chi connectivity index (χ0n) is 16.7. The van der Waals surface area contributed by atoms with E-state index >= 15 is 0 Å². The fourth-order valence-electron chi connectivity index (χ4n) is 3.34. The molecule has 1 aromatic carbocycles. The van der Waals surface area contributed by atoms with E-state index in [1.165, 1.54) is 30.6 Å². The van der Waals surface area contributed by atoms with Gasteiger partial charge in [-0.15, -0.1) is 11.3 Å². The summed E-state index contributed by atoms with van der Waals surface area (Å²) in [6.07, 6.45) is 3.58. The summed E-state index contributed by atoms with van der Waals surface area (Å²) in [6, 6.07) is 4.47. The number of aryl methyl sites for hydroxylation is 1. The van der Waals surface area contributed by atoms with Crippen LogP contribution in [0.1, 0.15) is 47.5 Å². The summed E-state index contributed by atoms with van der Waals surface area (Å²) in [5, 5.41) is 0.301. The number of fused-ring (bicyclic) bond motifs is 1. The molecule has 0 radical (unpaired) electrons. The molecule has 0 atom stereocenters. The number of hydrogen-bond acceptors (Lipinski definition) is 7. The second-order valence-corrected chi connectivity index (χ2v) is 9.27. The van der Waals surface area contributed by atoms with Crippen molar-refractivity contribution in [2.75, 3.05) is 25.0 Å². The molecule has 7 nitrogen and oxygen atoms in total. The lowest BCUT2D eigenvalue weighted by Gasteiger charge is -2.14. The number of carbonyl (C=O) groups excluding carboxylic acids is 1. The van der Waals surface area contributed by atoms with E-state index in [1.807, 2.05) is 13.8 Å². The average Bonchev–Trinajstić information content (AvgIpc) is 3.06. The first-order chi connectivity index (χ1) is 13.9. The third-order valence-electron chi connectivity index (χ3n) is 4.61. The van der Waals surface area contributed by atoms with Crippen LogP contribution in [0.25, 0.3) is 0 Å². The quantitative estimate of drug-likeness (QED) is 0.625. The van der Waals surface area contributed by atoms with Crippen LogP contribution in [0.5, 0.6) is 11.5 Å². The van der Waals surface area contributed by atoms with Crippen molar-refractivity contribution in [2.45, 2.75) is 44.4 Å². The van der Waals surface area contributed by atoms with Gasteiger partial charge in [0.25, 0.3) is 10.0 Å². The van der Waals surface area contributed by atoms with Crippen molar-refractivity contribution in [1.82, 2.24) is 0 Å². The Hall–Kier alpha value is -2.26. The number of esters is 1. The van der Waals surface area contributed by atoms with Gasteiger partial charge in [0.15, 0.2) is 11.5 Å². The molecule has 3 rings (SSSR count). The van der Waals surface area contributed by atoms with E-state index in [0.29, 0.717) is 35.3 Å². The molecule has 0 amide bonds. The Bertz CT molecular complexity index is 997. The molecule has 0 unspecified atom stereocenters. The van der Waals surface area contributed by atoms with Crippen molar-refractivity contribution >= 4 is 32.3 Å². The molecule has 0 bridgehead atoms. The van der Waals surface area contributed by atoms with Gasteiger partial charge in [-0.25, -0.2) is 13.2 Å². The number of sulfonamides is 1. The summed E-state index contributed by atoms with van der Waals surface area (Å²) in [7, 11) is -2.63. The van der Waals surface area contributed by atoms with Crippen LogP contribution in [0, 0.1) is 0 Å². The monoisotopic (exact) mass is 439 g/mol. The predicted molar refractivity (Wildman–Crippen MR) is 112 cm³/mol. The Morgan fingerprint density at radius 2 is 1.79 bits per heavy atom. The van der Waals surface area contributed by atoms with Crippen LogP contribution in [0.15, 0.2) is 23.1 Å². The number of methoxy groups -OCH3 is 1. The van der Waals surface area contributed by atoms with Gasteiger partial charge >= 0.3 is 5.97 Å². The Labute approximate surface area is 175 Å². The second kappa shape index (κ2) is 9.04. The maximum atomic E-state index is 13.1. The van der Waals surface area contributed by atoms with Crippen LogP contribution in [-0.4, -0.2) is 34.7 Å². The van der Waals surface area contributed by atoms with Gasteiger partial charge in [0.1, 0.15) is 5.00 Å². The highest BCUT2D eigenvalue weighted by molar-refractivity contribution is 7.93. The lowest BCUT2D eigenvalue weighted by Crippen LogP contribution is -2.16. The number of ether oxygens (including phenoxy) is 3. The molecule has 158 valence electrons. The average molecular weight is 440 g/mol. The molecule has 1 N–H and O–H groups in total. The van der Waals surface area contributed by atoms with Crippen molar-refractivity contribution < 1.29 is 27.4 Å². The van der Waals surface area contributed by atoms with Gasteiger partial charge in [-0.1, -0.05) is 0 Å². The number of carbonyl (C=O) groups is 1. The molecule has 1 aromatic heterocycles. The van der Waals surface area contributed by atoms with E-state index in [-0.39, 0.29) is 4.90 Å². The molecule has 1 heterocycles. The van der Waals surface area contributed by atoms with Gasteiger partial charge in [-0.2, -0.15) is 0 Å². The van der Waals surface area contributed by atoms with Crippen molar-refractivity contribution in [3.63, 3.8) is 0 Å². The summed E-state index contributed by atoms with van der Waals surface area (Å²) < 4.78 is 44.6. The number of nitrogens with one attached hydrogen (secondary N) is 1. The number of anilines is 1. The minimum atomic E-state index is -3.93. The van der Waals surface area contributed by atoms with E-state index in [2.05, 4.69) is 4.72 Å². The van der Waals surface area contributed by atoms with Crippen LogP contribution < -0.4 is 14.2 Å². The minimum Gasteiger partial charge on any atom is -0.490 e. The van der Waals surface area contributed by atoms with Crippen molar-refractivity contribution in [3.8, 4) is 11.5 Å². The molecule has 0 fully saturated rings. The molecule has 0 aliphatic heterocycles. The third-order valence-corrected chi connectivity index (χ3v) is 7.30. The Balaban J connectivity index is 1.99. The molecular formula is C20H25NO6S2. The van der Waals surface area contributed by atoms with Crippen molar-refractivity contribution in [3.05, 3.63) is 34.2 Å². The van der Waals surface area contributed by atoms with Crippen molar-refractivity contribution in [2.24, 2.45) is 0 Å². The zero-order chi connectivity index (χ0) is 21.0. The highest BCUT2D eigenvalue weighted by atomic mass is 32.2. The highest BCUT2D eigenvalue weighted by Crippen LogP contribution is 2.40. The Kier molecular flexibility index (Phi) is 6.69. The molecule has 1 aliphatic carbocycles. The molecule has 29 heavy (non-hydrogen) atoms. The van der Waals surface area contributed by atoms with E-state index in [9.17, 15) is 13.2 Å². The van der Waals surface area contributed by atoms with Crippen LogP contribution in [0.2, 0.25) is 0 Å². The van der Waals surface area contributed by atoms with Gasteiger partial charge < -0.3 is 14.2 Å². The van der Waals surface area contributed by atoms with Gasteiger partial charge in [0, 0.05) is 10.9 Å². The van der Waals surface area contributed by atoms with Crippen LogP contribution in [0.4, 0.5) is 5.00 Å². The number of rotatable bonds is 8. The molecule has 9 heteroatoms. The van der Waals surface area contributed by atoms with Gasteiger partial charge in [-0.3, -0.25) is 4.72 Å². The predicted octanol–water partition coefficient (Wildman–Crippen LogP) is 4.01. The number of thiophene rings is 1. The normalized spacial score (nSPS) is 13.5. The molecule has 2 aromatic rings. The standard InChI is InChI=1S/C20H25NO6S2/c1-4-26-15-11-10-13(12-16(15)27-5-2)29(23,24)21-19-18(20(22)25-3)14-8-6-7-9-17(14)28-19/h10-12,21H,4-9H2,1-3H3. The number of hydrogen-bond donors (Lipinski definition) is 1. The maximum Gasteiger partial charge on any atom is 0.341 e. The van der Waals surface area contributed by atoms with Gasteiger partial charge in [0.2, 0.25) is 0 Å².